The fourth-order valence-corrected chi connectivity index (χ4v) is 6.11. The van der Waals surface area contributed by atoms with E-state index in [1.54, 1.807) is 23.0 Å². The molecular weight excluding hydrogens is 414 g/mol. The van der Waals surface area contributed by atoms with Crippen LogP contribution in [0.2, 0.25) is 0 Å². The molecule has 1 aliphatic carbocycles. The van der Waals surface area contributed by atoms with E-state index in [1.807, 2.05) is 49.4 Å². The number of hydrogen-bond donors (Lipinski definition) is 1. The predicted molar refractivity (Wildman–Crippen MR) is 125 cm³/mol. The number of thioether (sulfide) groups is 1. The van der Waals surface area contributed by atoms with Crippen LogP contribution in [0.3, 0.4) is 0 Å². The molecule has 0 saturated carbocycles. The van der Waals surface area contributed by atoms with Gasteiger partial charge in [0, 0.05) is 17.6 Å². The van der Waals surface area contributed by atoms with Gasteiger partial charge >= 0.3 is 0 Å². The van der Waals surface area contributed by atoms with E-state index in [0.29, 0.717) is 5.16 Å². The molecule has 0 spiro atoms. The summed E-state index contributed by atoms with van der Waals surface area (Å²) >= 11 is 2.94. The molecule has 5 nitrogen and oxygen atoms in total. The summed E-state index contributed by atoms with van der Waals surface area (Å²) in [4.78, 5) is 32.6. The van der Waals surface area contributed by atoms with Crippen molar-refractivity contribution in [2.75, 3.05) is 5.32 Å². The molecule has 2 aromatic heterocycles. The summed E-state index contributed by atoms with van der Waals surface area (Å²) < 4.78 is 1.58. The molecule has 7 heteroatoms. The molecule has 2 aromatic carbocycles. The smallest absolute Gasteiger partial charge is 0.262 e. The minimum absolute atomic E-state index is 0.0102. The number of carbonyl (C=O) groups excluding carboxylic acids is 1. The van der Waals surface area contributed by atoms with Gasteiger partial charge in [-0.05, 0) is 54.7 Å². The summed E-state index contributed by atoms with van der Waals surface area (Å²) in [6.45, 7) is 1.84. The number of benzene rings is 2. The normalized spacial score (nSPS) is 14.2. The van der Waals surface area contributed by atoms with Gasteiger partial charge in [0.05, 0.1) is 10.6 Å². The molecule has 0 saturated heterocycles. The molecule has 0 bridgehead atoms. The Bertz CT molecular complexity index is 1360. The van der Waals surface area contributed by atoms with Gasteiger partial charge in [0.2, 0.25) is 5.91 Å². The number of anilines is 1. The van der Waals surface area contributed by atoms with Crippen molar-refractivity contribution < 1.29 is 4.79 Å². The van der Waals surface area contributed by atoms with E-state index in [2.05, 4.69) is 5.32 Å². The van der Waals surface area contributed by atoms with E-state index >= 15 is 0 Å². The van der Waals surface area contributed by atoms with Gasteiger partial charge in [-0.15, -0.1) is 11.3 Å². The first kappa shape index (κ1) is 19.3. The fourth-order valence-electron chi connectivity index (χ4n) is 3.93. The lowest BCUT2D eigenvalue weighted by atomic mass is 10.1. The number of rotatable bonds is 4. The van der Waals surface area contributed by atoms with Crippen LogP contribution in [0.1, 0.15) is 23.8 Å². The zero-order chi connectivity index (χ0) is 20.8. The second kappa shape index (κ2) is 7.56. The molecule has 4 aromatic rings. The van der Waals surface area contributed by atoms with E-state index in [4.69, 9.17) is 4.98 Å². The number of aryl methyl sites for hydroxylation is 2. The minimum Gasteiger partial charge on any atom is -0.325 e. The number of amides is 1. The number of aromatic nitrogens is 2. The lowest BCUT2D eigenvalue weighted by Crippen LogP contribution is -2.25. The molecule has 1 N–H and O–H groups in total. The highest BCUT2D eigenvalue weighted by molar-refractivity contribution is 8.00. The summed E-state index contributed by atoms with van der Waals surface area (Å²) in [6.07, 6.45) is 3.11. The van der Waals surface area contributed by atoms with Crippen LogP contribution in [0.4, 0.5) is 5.69 Å². The summed E-state index contributed by atoms with van der Waals surface area (Å²) in [5, 5.41) is 6.16. The maximum Gasteiger partial charge on any atom is 0.262 e. The molecule has 152 valence electrons. The number of fused-ring (bicyclic) bond motifs is 4. The highest BCUT2D eigenvalue weighted by Gasteiger charge is 2.24. The number of hydrogen-bond acceptors (Lipinski definition) is 5. The van der Waals surface area contributed by atoms with E-state index in [-0.39, 0.29) is 16.7 Å². The van der Waals surface area contributed by atoms with Gasteiger partial charge in [-0.25, -0.2) is 4.98 Å². The van der Waals surface area contributed by atoms with Gasteiger partial charge < -0.3 is 5.32 Å². The number of carbonyl (C=O) groups is 1. The number of thiophene rings is 1. The Balaban J connectivity index is 1.38. The molecule has 5 rings (SSSR count). The first-order chi connectivity index (χ1) is 14.5. The van der Waals surface area contributed by atoms with Gasteiger partial charge in [0.1, 0.15) is 4.83 Å². The van der Waals surface area contributed by atoms with Crippen LogP contribution < -0.4 is 10.9 Å². The Kier molecular flexibility index (Phi) is 4.87. The predicted octanol–water partition coefficient (Wildman–Crippen LogP) is 4.76. The molecule has 30 heavy (non-hydrogen) atoms. The van der Waals surface area contributed by atoms with Crippen LogP contribution in [-0.2, 0) is 24.7 Å². The zero-order valence-electron chi connectivity index (χ0n) is 16.8. The van der Waals surface area contributed by atoms with E-state index in [0.717, 1.165) is 45.9 Å². The SMILES string of the molecule is CC(Sc1nc2sc3c(c2c(=O)n1C)CCC3)C(=O)Nc1ccc2ccccc2c1. The van der Waals surface area contributed by atoms with Crippen LogP contribution in [0.15, 0.2) is 52.4 Å². The van der Waals surface area contributed by atoms with Crippen LogP contribution in [-0.4, -0.2) is 20.7 Å². The Morgan fingerprint density at radius 3 is 2.83 bits per heavy atom. The number of nitrogens with zero attached hydrogens (tertiary/aromatic N) is 2. The third-order valence-electron chi connectivity index (χ3n) is 5.57. The van der Waals surface area contributed by atoms with Crippen LogP contribution in [0.25, 0.3) is 21.0 Å². The summed E-state index contributed by atoms with van der Waals surface area (Å²) in [5.41, 5.74) is 1.93. The van der Waals surface area contributed by atoms with E-state index in [9.17, 15) is 9.59 Å². The van der Waals surface area contributed by atoms with Crippen LogP contribution in [0.5, 0.6) is 0 Å². The maximum absolute atomic E-state index is 13.0. The quantitative estimate of drug-likeness (QED) is 0.371. The first-order valence-corrected chi connectivity index (χ1v) is 11.7. The number of nitrogens with one attached hydrogen (secondary N) is 1. The van der Waals surface area contributed by atoms with Crippen molar-refractivity contribution in [1.29, 1.82) is 0 Å². The third kappa shape index (κ3) is 3.32. The van der Waals surface area contributed by atoms with Crippen LogP contribution >= 0.6 is 23.1 Å². The molecule has 2 heterocycles. The average Bonchev–Trinajstić information content (AvgIpc) is 3.32. The maximum atomic E-state index is 13.0. The molecule has 0 aliphatic heterocycles. The van der Waals surface area contributed by atoms with Crippen molar-refractivity contribution in [2.24, 2.45) is 7.05 Å². The van der Waals surface area contributed by atoms with Gasteiger partial charge in [-0.3, -0.25) is 14.2 Å². The van der Waals surface area contributed by atoms with Gasteiger partial charge in [0.25, 0.3) is 5.56 Å². The Hall–Kier alpha value is -2.64. The molecule has 0 fully saturated rings. The largest absolute Gasteiger partial charge is 0.325 e. The standard InChI is InChI=1S/C23H21N3O2S2/c1-13(20(27)24-16-11-10-14-6-3-4-7-15(14)12-16)29-23-25-21-19(22(28)26(23)2)17-8-5-9-18(17)30-21/h3-4,6-7,10-13H,5,8-9H2,1-2H3,(H,24,27). The second-order valence-electron chi connectivity index (χ2n) is 7.61. The summed E-state index contributed by atoms with van der Waals surface area (Å²) in [5.74, 6) is -0.113. The van der Waals surface area contributed by atoms with E-state index < -0.39 is 0 Å². The first-order valence-electron chi connectivity index (χ1n) is 9.99. The van der Waals surface area contributed by atoms with Gasteiger partial charge in [0.15, 0.2) is 5.16 Å². The Labute approximate surface area is 182 Å². The molecule has 1 atom stereocenters. The lowest BCUT2D eigenvalue weighted by molar-refractivity contribution is -0.115. The van der Waals surface area contributed by atoms with Crippen LogP contribution in [0, 0.1) is 0 Å². The Morgan fingerprint density at radius 2 is 2.00 bits per heavy atom. The molecule has 0 radical (unpaired) electrons. The van der Waals surface area contributed by atoms with Crippen molar-refractivity contribution in [1.82, 2.24) is 9.55 Å². The van der Waals surface area contributed by atoms with Gasteiger partial charge in [-0.1, -0.05) is 42.1 Å². The van der Waals surface area contributed by atoms with Crippen molar-refractivity contribution in [3.8, 4) is 0 Å². The van der Waals surface area contributed by atoms with Gasteiger partial charge in [-0.2, -0.15) is 0 Å². The second-order valence-corrected chi connectivity index (χ2v) is 10.00. The molecule has 1 unspecified atom stereocenters. The topological polar surface area (TPSA) is 64.0 Å². The fraction of sp³-hybridized carbons (Fsp3) is 0.261. The molecule has 1 amide bonds. The van der Waals surface area contributed by atoms with Crippen molar-refractivity contribution in [2.45, 2.75) is 36.6 Å². The third-order valence-corrected chi connectivity index (χ3v) is 7.90. The lowest BCUT2D eigenvalue weighted by Gasteiger charge is -2.14. The van der Waals surface area contributed by atoms with Crippen molar-refractivity contribution >= 4 is 55.7 Å². The molecular formula is C23H21N3O2S2. The highest BCUT2D eigenvalue weighted by Crippen LogP contribution is 2.36. The van der Waals surface area contributed by atoms with Crippen molar-refractivity contribution in [3.63, 3.8) is 0 Å². The average molecular weight is 436 g/mol. The highest BCUT2D eigenvalue weighted by atomic mass is 32.2. The minimum atomic E-state index is -0.390. The summed E-state index contributed by atoms with van der Waals surface area (Å²) in [6, 6.07) is 13.9. The summed E-state index contributed by atoms with van der Waals surface area (Å²) in [7, 11) is 1.74. The molecule has 1 aliphatic rings. The monoisotopic (exact) mass is 435 g/mol. The van der Waals surface area contributed by atoms with E-state index in [1.165, 1.54) is 22.2 Å². The van der Waals surface area contributed by atoms with Crippen molar-refractivity contribution in [3.05, 3.63) is 63.3 Å². The zero-order valence-corrected chi connectivity index (χ0v) is 18.4. The Morgan fingerprint density at radius 1 is 1.20 bits per heavy atom.